The third-order valence-electron chi connectivity index (χ3n) is 3.71. The van der Waals surface area contributed by atoms with Gasteiger partial charge in [0.05, 0.1) is 0 Å². The van der Waals surface area contributed by atoms with Gasteiger partial charge in [-0.2, -0.15) is 0 Å². The van der Waals surface area contributed by atoms with Crippen LogP contribution in [0.2, 0.25) is 10.0 Å². The fourth-order valence-electron chi connectivity index (χ4n) is 2.37. The second-order valence-corrected chi connectivity index (χ2v) is 6.35. The summed E-state index contributed by atoms with van der Waals surface area (Å²) in [6.45, 7) is 1.88. The minimum Gasteiger partial charge on any atom is -0.482 e. The molecule has 0 radical (unpaired) electrons. The van der Waals surface area contributed by atoms with Crippen LogP contribution in [0.1, 0.15) is 18.6 Å². The first kappa shape index (κ1) is 17.3. The molecule has 2 heterocycles. The molecule has 1 aromatic carbocycles. The highest BCUT2D eigenvalue weighted by atomic mass is 35.5. The number of hydrogen-bond acceptors (Lipinski definition) is 5. The number of halogens is 2. The minimum absolute atomic E-state index is 0.295. The molecule has 1 atom stereocenters. The fourth-order valence-corrected chi connectivity index (χ4v) is 2.93. The predicted molar refractivity (Wildman–Crippen MR) is 102 cm³/mol. The molecule has 3 rings (SSSR count). The molecule has 0 amide bonds. The summed E-state index contributed by atoms with van der Waals surface area (Å²) < 4.78 is 5.98. The maximum atomic E-state index is 6.24. The fraction of sp³-hybridized carbons (Fsp3) is 0.111. The molecule has 128 valence electrons. The van der Waals surface area contributed by atoms with E-state index in [-0.39, 0.29) is 6.10 Å². The molecule has 0 spiro atoms. The van der Waals surface area contributed by atoms with Gasteiger partial charge in [0.15, 0.2) is 11.6 Å². The first-order valence-corrected chi connectivity index (χ1v) is 8.28. The zero-order valence-corrected chi connectivity index (χ0v) is 14.9. The normalized spacial score (nSPS) is 12.0. The predicted octanol–water partition coefficient (Wildman–Crippen LogP) is 4.75. The van der Waals surface area contributed by atoms with Crippen LogP contribution in [0.15, 0.2) is 48.8 Å². The Morgan fingerprint density at radius 1 is 0.960 bits per heavy atom. The third kappa shape index (κ3) is 3.95. The maximum absolute atomic E-state index is 6.24. The van der Waals surface area contributed by atoms with Gasteiger partial charge < -0.3 is 16.2 Å². The summed E-state index contributed by atoms with van der Waals surface area (Å²) in [5, 5.41) is 1.10. The quantitative estimate of drug-likeness (QED) is 0.687. The Morgan fingerprint density at radius 2 is 1.72 bits per heavy atom. The smallest absolute Gasteiger partial charge is 0.166 e. The maximum Gasteiger partial charge on any atom is 0.166 e. The van der Waals surface area contributed by atoms with Crippen molar-refractivity contribution in [3.8, 4) is 16.9 Å². The second-order valence-electron chi connectivity index (χ2n) is 5.51. The molecule has 2 aromatic heterocycles. The number of aromatic nitrogens is 2. The molecule has 5 nitrogen and oxygen atoms in total. The number of nitrogens with two attached hydrogens (primary N) is 2. The van der Waals surface area contributed by atoms with E-state index in [0.29, 0.717) is 27.4 Å². The van der Waals surface area contributed by atoms with Gasteiger partial charge in [-0.15, -0.1) is 0 Å². The SMILES string of the molecule is CC(Oc1cc(-c2ccc(N)nc2)cnc1N)c1ccc(Cl)cc1Cl. The van der Waals surface area contributed by atoms with Gasteiger partial charge >= 0.3 is 0 Å². The Morgan fingerprint density at radius 3 is 2.40 bits per heavy atom. The molecule has 3 aromatic rings. The van der Waals surface area contributed by atoms with E-state index in [2.05, 4.69) is 9.97 Å². The van der Waals surface area contributed by atoms with Crippen LogP contribution in [0.4, 0.5) is 11.6 Å². The number of nitrogens with zero attached hydrogens (tertiary/aromatic N) is 2. The lowest BCUT2D eigenvalue weighted by Crippen LogP contribution is -2.06. The summed E-state index contributed by atoms with van der Waals surface area (Å²) >= 11 is 12.2. The van der Waals surface area contributed by atoms with Crippen molar-refractivity contribution in [2.75, 3.05) is 11.5 Å². The zero-order chi connectivity index (χ0) is 18.0. The van der Waals surface area contributed by atoms with E-state index >= 15 is 0 Å². The van der Waals surface area contributed by atoms with E-state index in [0.717, 1.165) is 16.7 Å². The number of pyridine rings is 2. The Hall–Kier alpha value is -2.50. The monoisotopic (exact) mass is 374 g/mol. The van der Waals surface area contributed by atoms with Crippen LogP contribution in [-0.4, -0.2) is 9.97 Å². The van der Waals surface area contributed by atoms with Gasteiger partial charge in [0.1, 0.15) is 11.9 Å². The van der Waals surface area contributed by atoms with Crippen LogP contribution in [0.3, 0.4) is 0 Å². The standard InChI is InChI=1S/C18H16Cl2N4O/c1-10(14-4-3-13(19)7-15(14)20)25-16-6-12(9-24-18(16)22)11-2-5-17(21)23-8-11/h2-10H,1H3,(H2,21,23)(H2,22,24). The zero-order valence-electron chi connectivity index (χ0n) is 13.4. The summed E-state index contributed by atoms with van der Waals surface area (Å²) in [6.07, 6.45) is 3.01. The molecule has 4 N–H and O–H groups in total. The highest BCUT2D eigenvalue weighted by molar-refractivity contribution is 6.35. The lowest BCUT2D eigenvalue weighted by atomic mass is 10.1. The summed E-state index contributed by atoms with van der Waals surface area (Å²) in [7, 11) is 0. The molecule has 0 aliphatic heterocycles. The topological polar surface area (TPSA) is 87.0 Å². The molecule has 0 aliphatic carbocycles. The number of hydrogen-bond donors (Lipinski definition) is 2. The van der Waals surface area contributed by atoms with Crippen LogP contribution in [0.5, 0.6) is 5.75 Å². The van der Waals surface area contributed by atoms with Crippen LogP contribution >= 0.6 is 23.2 Å². The number of ether oxygens (including phenoxy) is 1. The van der Waals surface area contributed by atoms with E-state index in [1.54, 1.807) is 30.6 Å². The van der Waals surface area contributed by atoms with Crippen molar-refractivity contribution in [2.24, 2.45) is 0 Å². The molecule has 0 saturated carbocycles. The van der Waals surface area contributed by atoms with E-state index in [4.69, 9.17) is 39.4 Å². The molecule has 0 bridgehead atoms. The molecule has 0 fully saturated rings. The van der Waals surface area contributed by atoms with Gasteiger partial charge in [0.25, 0.3) is 0 Å². The van der Waals surface area contributed by atoms with E-state index in [9.17, 15) is 0 Å². The van der Waals surface area contributed by atoms with Crippen molar-refractivity contribution in [3.63, 3.8) is 0 Å². The number of nitrogen functional groups attached to an aromatic ring is 2. The van der Waals surface area contributed by atoms with Crippen molar-refractivity contribution >= 4 is 34.8 Å². The molecular formula is C18H16Cl2N4O. The van der Waals surface area contributed by atoms with Gasteiger partial charge in [-0.3, -0.25) is 0 Å². The minimum atomic E-state index is -0.325. The van der Waals surface area contributed by atoms with Gasteiger partial charge in [0, 0.05) is 39.1 Å². The van der Waals surface area contributed by atoms with Gasteiger partial charge in [-0.25, -0.2) is 9.97 Å². The van der Waals surface area contributed by atoms with Crippen molar-refractivity contribution in [1.29, 1.82) is 0 Å². The molecule has 0 aliphatic rings. The lowest BCUT2D eigenvalue weighted by molar-refractivity contribution is 0.228. The summed E-state index contributed by atoms with van der Waals surface area (Å²) in [5.41, 5.74) is 14.1. The number of benzene rings is 1. The molecule has 0 saturated heterocycles. The molecule has 1 unspecified atom stereocenters. The molecule has 7 heteroatoms. The van der Waals surface area contributed by atoms with E-state index in [1.807, 2.05) is 25.1 Å². The molecule has 25 heavy (non-hydrogen) atoms. The van der Waals surface area contributed by atoms with Crippen molar-refractivity contribution < 1.29 is 4.74 Å². The van der Waals surface area contributed by atoms with Gasteiger partial charge in [-0.1, -0.05) is 29.3 Å². The lowest BCUT2D eigenvalue weighted by Gasteiger charge is -2.18. The first-order valence-electron chi connectivity index (χ1n) is 7.53. The molecular weight excluding hydrogens is 359 g/mol. The Balaban J connectivity index is 1.89. The van der Waals surface area contributed by atoms with Crippen molar-refractivity contribution in [2.45, 2.75) is 13.0 Å². The average Bonchev–Trinajstić information content (AvgIpc) is 2.57. The van der Waals surface area contributed by atoms with Crippen LogP contribution in [0.25, 0.3) is 11.1 Å². The van der Waals surface area contributed by atoms with E-state index < -0.39 is 0 Å². The Kier molecular flexibility index (Phi) is 4.97. The van der Waals surface area contributed by atoms with Gasteiger partial charge in [0.2, 0.25) is 0 Å². The average molecular weight is 375 g/mol. The Labute approximate surface area is 155 Å². The number of anilines is 2. The van der Waals surface area contributed by atoms with Crippen molar-refractivity contribution in [1.82, 2.24) is 9.97 Å². The van der Waals surface area contributed by atoms with E-state index in [1.165, 1.54) is 0 Å². The summed E-state index contributed by atoms with van der Waals surface area (Å²) in [5.74, 6) is 1.21. The number of rotatable bonds is 4. The second kappa shape index (κ2) is 7.17. The first-order chi connectivity index (χ1) is 11.9. The highest BCUT2D eigenvalue weighted by Gasteiger charge is 2.15. The van der Waals surface area contributed by atoms with Crippen LogP contribution in [0, 0.1) is 0 Å². The summed E-state index contributed by atoms with van der Waals surface area (Å²) in [4.78, 5) is 8.28. The van der Waals surface area contributed by atoms with Gasteiger partial charge in [-0.05, 0) is 37.3 Å². The van der Waals surface area contributed by atoms with Crippen LogP contribution < -0.4 is 16.2 Å². The third-order valence-corrected chi connectivity index (χ3v) is 4.27. The summed E-state index contributed by atoms with van der Waals surface area (Å²) in [6, 6.07) is 10.7. The Bertz CT molecular complexity index is 900. The largest absolute Gasteiger partial charge is 0.482 e. The van der Waals surface area contributed by atoms with Crippen LogP contribution in [-0.2, 0) is 0 Å². The highest BCUT2D eigenvalue weighted by Crippen LogP contribution is 2.33. The van der Waals surface area contributed by atoms with Crippen molar-refractivity contribution in [3.05, 3.63) is 64.4 Å².